The molecule has 0 fully saturated rings. The van der Waals surface area contributed by atoms with Crippen LogP contribution >= 0.6 is 11.3 Å². The van der Waals surface area contributed by atoms with Crippen LogP contribution in [0.1, 0.15) is 5.56 Å². The Morgan fingerprint density at radius 2 is 1.45 bits per heavy atom. The van der Waals surface area contributed by atoms with Crippen molar-refractivity contribution < 1.29 is 0 Å². The van der Waals surface area contributed by atoms with Crippen LogP contribution in [0.2, 0.25) is 0 Å². The van der Waals surface area contributed by atoms with Crippen LogP contribution in [0.15, 0.2) is 54.6 Å². The van der Waals surface area contributed by atoms with Gasteiger partial charge in [0.25, 0.3) is 0 Å². The second kappa shape index (κ2) is 4.11. The zero-order valence-corrected chi connectivity index (χ0v) is 13.4. The predicted octanol–water partition coefficient (Wildman–Crippen LogP) is 6.01. The van der Waals surface area contributed by atoms with E-state index in [4.69, 9.17) is 0 Å². The van der Waals surface area contributed by atoms with Crippen molar-refractivity contribution in [2.75, 3.05) is 0 Å². The summed E-state index contributed by atoms with van der Waals surface area (Å²) in [4.78, 5) is 0. The van der Waals surface area contributed by atoms with E-state index >= 15 is 0 Å². The third kappa shape index (κ3) is 1.38. The first-order chi connectivity index (χ1) is 10.8. The summed E-state index contributed by atoms with van der Waals surface area (Å²) in [5, 5.41) is 5.46. The molecule has 3 aromatic carbocycles. The SMILES string of the molecule is Cc1cccc2c3ccc4c5ccccc5sc4c3n(C)c12. The Bertz CT molecular complexity index is 1190. The van der Waals surface area contributed by atoms with Gasteiger partial charge in [0.05, 0.1) is 15.7 Å². The highest BCUT2D eigenvalue weighted by Crippen LogP contribution is 2.41. The van der Waals surface area contributed by atoms with E-state index < -0.39 is 0 Å². The molecule has 0 spiro atoms. The first kappa shape index (κ1) is 12.2. The minimum absolute atomic E-state index is 1.34. The minimum atomic E-state index is 1.34. The Balaban J connectivity index is 2.13. The highest BCUT2D eigenvalue weighted by atomic mass is 32.1. The molecule has 0 N–H and O–H groups in total. The summed E-state index contributed by atoms with van der Waals surface area (Å²) in [7, 11) is 2.20. The lowest BCUT2D eigenvalue weighted by Gasteiger charge is -2.01. The van der Waals surface area contributed by atoms with Gasteiger partial charge in [-0.05, 0) is 18.6 Å². The third-order valence-corrected chi connectivity index (χ3v) is 5.91. The fraction of sp³-hybridized carbons (Fsp3) is 0.100. The average Bonchev–Trinajstić information content (AvgIpc) is 3.04. The van der Waals surface area contributed by atoms with Crippen LogP contribution in [0.5, 0.6) is 0 Å². The van der Waals surface area contributed by atoms with Crippen LogP contribution in [0, 0.1) is 6.92 Å². The van der Waals surface area contributed by atoms with Crippen molar-refractivity contribution in [1.82, 2.24) is 4.57 Å². The Kier molecular flexibility index (Phi) is 2.29. The van der Waals surface area contributed by atoms with Crippen LogP contribution < -0.4 is 0 Å². The fourth-order valence-electron chi connectivity index (χ4n) is 3.76. The molecule has 106 valence electrons. The van der Waals surface area contributed by atoms with Crippen molar-refractivity contribution in [2.24, 2.45) is 7.05 Å². The fourth-order valence-corrected chi connectivity index (χ4v) is 5.04. The first-order valence-electron chi connectivity index (χ1n) is 7.53. The van der Waals surface area contributed by atoms with Gasteiger partial charge in [-0.25, -0.2) is 0 Å². The lowest BCUT2D eigenvalue weighted by molar-refractivity contribution is 1.01. The Hall–Kier alpha value is -2.32. The Morgan fingerprint density at radius 1 is 0.727 bits per heavy atom. The molecular formula is C20H15NS. The maximum absolute atomic E-state index is 2.37. The molecule has 0 bridgehead atoms. The lowest BCUT2D eigenvalue weighted by atomic mass is 10.1. The quantitative estimate of drug-likeness (QED) is 0.330. The molecule has 2 heteroatoms. The van der Waals surface area contributed by atoms with Crippen molar-refractivity contribution in [3.63, 3.8) is 0 Å². The molecule has 0 aliphatic heterocycles. The van der Waals surface area contributed by atoms with Crippen LogP contribution in [-0.2, 0) is 7.05 Å². The van der Waals surface area contributed by atoms with Crippen LogP contribution in [0.4, 0.5) is 0 Å². The number of rotatable bonds is 0. The Morgan fingerprint density at radius 3 is 2.36 bits per heavy atom. The summed E-state index contributed by atoms with van der Waals surface area (Å²) in [6.45, 7) is 2.20. The normalized spacial score (nSPS) is 12.1. The molecule has 5 rings (SSSR count). The molecule has 0 radical (unpaired) electrons. The maximum Gasteiger partial charge on any atom is 0.0670 e. The number of hydrogen-bond donors (Lipinski definition) is 0. The maximum atomic E-state index is 2.37. The molecule has 1 nitrogen and oxygen atoms in total. The number of nitrogens with zero attached hydrogens (tertiary/aromatic N) is 1. The molecule has 0 aliphatic rings. The largest absolute Gasteiger partial charge is 0.342 e. The second-order valence-corrected chi connectivity index (χ2v) is 7.02. The smallest absolute Gasteiger partial charge is 0.0670 e. The molecule has 0 unspecified atom stereocenters. The number of thiophene rings is 1. The standard InChI is InChI=1S/C20H15NS/c1-12-6-5-8-14-15-10-11-16-13-7-3-4-9-17(13)22-20(16)19(15)21(2)18(12)14/h3-11H,1-2H3. The minimum Gasteiger partial charge on any atom is -0.342 e. The molecular weight excluding hydrogens is 286 g/mol. The van der Waals surface area contributed by atoms with E-state index in [1.165, 1.54) is 47.5 Å². The van der Waals surface area contributed by atoms with Crippen molar-refractivity contribution in [1.29, 1.82) is 0 Å². The molecule has 0 atom stereocenters. The van der Waals surface area contributed by atoms with Crippen molar-refractivity contribution in [3.8, 4) is 0 Å². The van der Waals surface area contributed by atoms with Crippen molar-refractivity contribution in [3.05, 3.63) is 60.2 Å². The number of aromatic nitrogens is 1. The van der Waals surface area contributed by atoms with Gasteiger partial charge in [0.1, 0.15) is 0 Å². The summed E-state index contributed by atoms with van der Waals surface area (Å²) >= 11 is 1.91. The van der Waals surface area contributed by atoms with Gasteiger partial charge in [0.15, 0.2) is 0 Å². The van der Waals surface area contributed by atoms with E-state index in [0.717, 1.165) is 0 Å². The summed E-state index contributed by atoms with van der Waals surface area (Å²) < 4.78 is 5.14. The van der Waals surface area contributed by atoms with Crippen molar-refractivity contribution >= 4 is 53.3 Å². The number of hydrogen-bond acceptors (Lipinski definition) is 1. The zero-order chi connectivity index (χ0) is 14.8. The van der Waals surface area contributed by atoms with Gasteiger partial charge in [0.2, 0.25) is 0 Å². The summed E-state index contributed by atoms with van der Waals surface area (Å²) in [5.74, 6) is 0. The molecule has 0 amide bonds. The van der Waals surface area contributed by atoms with Gasteiger partial charge in [-0.1, -0.05) is 48.5 Å². The van der Waals surface area contributed by atoms with E-state index in [-0.39, 0.29) is 0 Å². The van der Waals surface area contributed by atoms with Crippen LogP contribution in [0.3, 0.4) is 0 Å². The average molecular weight is 301 g/mol. The molecule has 2 aromatic heterocycles. The topological polar surface area (TPSA) is 4.93 Å². The van der Waals surface area contributed by atoms with E-state index in [9.17, 15) is 0 Å². The number of aryl methyl sites for hydroxylation is 2. The zero-order valence-electron chi connectivity index (χ0n) is 12.6. The third-order valence-electron chi connectivity index (χ3n) is 4.72. The van der Waals surface area contributed by atoms with Gasteiger partial charge in [0, 0.05) is 33.3 Å². The second-order valence-electron chi connectivity index (χ2n) is 5.97. The van der Waals surface area contributed by atoms with Crippen LogP contribution in [0.25, 0.3) is 42.0 Å². The molecule has 0 saturated heterocycles. The molecule has 22 heavy (non-hydrogen) atoms. The van der Waals surface area contributed by atoms with Gasteiger partial charge in [-0.15, -0.1) is 11.3 Å². The predicted molar refractivity (Wildman–Crippen MR) is 98.1 cm³/mol. The lowest BCUT2D eigenvalue weighted by Crippen LogP contribution is -1.88. The number of benzene rings is 3. The summed E-state index contributed by atoms with van der Waals surface area (Å²) in [6, 6.07) is 19.9. The van der Waals surface area contributed by atoms with E-state index in [2.05, 4.69) is 73.1 Å². The van der Waals surface area contributed by atoms with Gasteiger partial charge >= 0.3 is 0 Å². The highest BCUT2D eigenvalue weighted by molar-refractivity contribution is 7.26. The molecule has 0 aliphatic carbocycles. The summed E-state index contributed by atoms with van der Waals surface area (Å²) in [5.41, 5.74) is 4.05. The van der Waals surface area contributed by atoms with Gasteiger partial charge in [-0.3, -0.25) is 0 Å². The first-order valence-corrected chi connectivity index (χ1v) is 8.35. The number of fused-ring (bicyclic) bond motifs is 7. The highest BCUT2D eigenvalue weighted by Gasteiger charge is 2.15. The molecule has 5 aromatic rings. The monoisotopic (exact) mass is 301 g/mol. The van der Waals surface area contributed by atoms with Gasteiger partial charge in [-0.2, -0.15) is 0 Å². The molecule has 2 heterocycles. The Labute approximate surface area is 132 Å². The van der Waals surface area contributed by atoms with E-state index in [1.807, 2.05) is 11.3 Å². The van der Waals surface area contributed by atoms with Crippen LogP contribution in [-0.4, -0.2) is 4.57 Å². The van der Waals surface area contributed by atoms with E-state index in [0.29, 0.717) is 0 Å². The summed E-state index contributed by atoms with van der Waals surface area (Å²) in [6.07, 6.45) is 0. The van der Waals surface area contributed by atoms with Crippen molar-refractivity contribution in [2.45, 2.75) is 6.92 Å². The van der Waals surface area contributed by atoms with Gasteiger partial charge < -0.3 is 4.57 Å². The van der Waals surface area contributed by atoms with E-state index in [1.54, 1.807) is 0 Å². The molecule has 0 saturated carbocycles. The number of para-hydroxylation sites is 1.